The third kappa shape index (κ3) is 6.20. The highest BCUT2D eigenvalue weighted by Crippen LogP contribution is 2.53. The van der Waals surface area contributed by atoms with Gasteiger partial charge in [-0.2, -0.15) is 0 Å². The minimum atomic E-state index is -0.430. The van der Waals surface area contributed by atoms with Gasteiger partial charge in [-0.1, -0.05) is 38.1 Å². The summed E-state index contributed by atoms with van der Waals surface area (Å²) in [6.45, 7) is 17.2. The molecule has 3 fully saturated rings. The van der Waals surface area contributed by atoms with Crippen molar-refractivity contribution in [2.45, 2.75) is 83.9 Å². The Morgan fingerprint density at radius 3 is 2.40 bits per heavy atom. The molecule has 1 aliphatic carbocycles. The summed E-state index contributed by atoms with van der Waals surface area (Å²) < 4.78 is 11.0. The van der Waals surface area contributed by atoms with Gasteiger partial charge >= 0.3 is 6.09 Å². The minimum absolute atomic E-state index is 0.152. The molecule has 35 heavy (non-hydrogen) atoms. The lowest BCUT2D eigenvalue weighted by molar-refractivity contribution is -0.0786. The molecule has 1 aromatic carbocycles. The fraction of sp³-hybridized carbons (Fsp3) is 0.759. The monoisotopic (exact) mass is 485 g/mol. The molecule has 0 N–H and O–H groups in total. The van der Waals surface area contributed by atoms with E-state index in [0.29, 0.717) is 23.4 Å². The number of hydrogen-bond acceptors (Lipinski definition) is 5. The van der Waals surface area contributed by atoms with Gasteiger partial charge in [-0.25, -0.2) is 4.79 Å². The van der Waals surface area contributed by atoms with Gasteiger partial charge in [0.2, 0.25) is 0 Å². The van der Waals surface area contributed by atoms with E-state index >= 15 is 0 Å². The van der Waals surface area contributed by atoms with Crippen LogP contribution < -0.4 is 0 Å². The molecule has 1 amide bonds. The van der Waals surface area contributed by atoms with Gasteiger partial charge in [0.1, 0.15) is 5.60 Å². The molecule has 0 aromatic heterocycles. The molecule has 0 radical (unpaired) electrons. The molecular weight excluding hydrogens is 438 g/mol. The first-order chi connectivity index (χ1) is 16.6. The highest BCUT2D eigenvalue weighted by molar-refractivity contribution is 5.68. The number of hydrogen-bond donors (Lipinski definition) is 0. The van der Waals surface area contributed by atoms with Gasteiger partial charge in [0.15, 0.2) is 0 Å². The number of benzene rings is 1. The summed E-state index contributed by atoms with van der Waals surface area (Å²) in [5.74, 6) is 0.521. The van der Waals surface area contributed by atoms with Crippen molar-refractivity contribution in [3.05, 3.63) is 35.4 Å². The molecule has 2 saturated heterocycles. The Labute approximate surface area is 212 Å². The van der Waals surface area contributed by atoms with Crippen LogP contribution in [0.2, 0.25) is 0 Å². The number of rotatable bonds is 6. The van der Waals surface area contributed by atoms with Crippen molar-refractivity contribution in [2.24, 2.45) is 5.41 Å². The van der Waals surface area contributed by atoms with E-state index in [9.17, 15) is 4.79 Å². The average molecular weight is 486 g/mol. The summed E-state index contributed by atoms with van der Waals surface area (Å²) >= 11 is 0. The number of nitrogens with zero attached hydrogens (tertiary/aromatic N) is 3. The number of amides is 1. The summed E-state index contributed by atoms with van der Waals surface area (Å²) in [6, 6.07) is 10.1. The lowest BCUT2D eigenvalue weighted by atomic mass is 9.59. The quantitative estimate of drug-likeness (QED) is 0.548. The van der Waals surface area contributed by atoms with Gasteiger partial charge in [-0.15, -0.1) is 0 Å². The highest BCUT2D eigenvalue weighted by atomic mass is 16.6. The molecule has 6 nitrogen and oxygen atoms in total. The van der Waals surface area contributed by atoms with Gasteiger partial charge in [0, 0.05) is 58.5 Å². The van der Waals surface area contributed by atoms with Crippen LogP contribution in [0.1, 0.15) is 83.4 Å². The van der Waals surface area contributed by atoms with E-state index in [2.05, 4.69) is 47.9 Å². The summed E-state index contributed by atoms with van der Waals surface area (Å²) in [4.78, 5) is 19.8. The molecular formula is C29H47N3O3. The molecule has 0 bridgehead atoms. The Hall–Kier alpha value is -1.63. The molecule has 1 atom stereocenters. The molecule has 1 aromatic rings. The molecule has 196 valence electrons. The standard InChI is InChI=1S/C29H47N3O3/c1-22(2)24-9-7-8-10-25(24)26-21-30(17-18-34-6)15-16-32(26)23-19-29(20-23)11-13-31(14-12-29)27(33)35-28(3,4)5/h7-10,22-23,26H,11-21H2,1-6H3. The van der Waals surface area contributed by atoms with Crippen molar-refractivity contribution in [1.29, 1.82) is 0 Å². The lowest BCUT2D eigenvalue weighted by Crippen LogP contribution is -2.60. The van der Waals surface area contributed by atoms with E-state index < -0.39 is 5.60 Å². The number of carbonyl (C=O) groups is 1. The van der Waals surface area contributed by atoms with E-state index in [4.69, 9.17) is 9.47 Å². The molecule has 6 heteroatoms. The third-order valence-corrected chi connectivity index (χ3v) is 8.38. The van der Waals surface area contributed by atoms with Crippen LogP contribution >= 0.6 is 0 Å². The molecule has 4 rings (SSSR count). The van der Waals surface area contributed by atoms with Crippen molar-refractivity contribution in [3.63, 3.8) is 0 Å². The van der Waals surface area contributed by atoms with Crippen LogP contribution in [-0.2, 0) is 9.47 Å². The SMILES string of the molecule is COCCN1CCN(C2CC3(CCN(C(=O)OC(C)(C)C)CC3)C2)C(c2ccccc2C(C)C)C1. The number of likely N-dealkylation sites (tertiary alicyclic amines) is 1. The van der Waals surface area contributed by atoms with E-state index in [1.807, 2.05) is 25.7 Å². The lowest BCUT2D eigenvalue weighted by Gasteiger charge is -2.58. The normalized spacial score (nSPS) is 24.1. The summed E-state index contributed by atoms with van der Waals surface area (Å²) in [5, 5.41) is 0. The van der Waals surface area contributed by atoms with Crippen LogP contribution in [0.4, 0.5) is 4.79 Å². The fourth-order valence-electron chi connectivity index (χ4n) is 6.40. The van der Waals surface area contributed by atoms with Crippen LogP contribution in [0.5, 0.6) is 0 Å². The molecule has 1 unspecified atom stereocenters. The van der Waals surface area contributed by atoms with Crippen molar-refractivity contribution in [1.82, 2.24) is 14.7 Å². The van der Waals surface area contributed by atoms with Crippen molar-refractivity contribution < 1.29 is 14.3 Å². The van der Waals surface area contributed by atoms with Crippen LogP contribution in [0.3, 0.4) is 0 Å². The first-order valence-corrected chi connectivity index (χ1v) is 13.6. The first kappa shape index (κ1) is 26.4. The van der Waals surface area contributed by atoms with Gasteiger partial charge in [-0.05, 0) is 68.9 Å². The van der Waals surface area contributed by atoms with E-state index in [-0.39, 0.29) is 6.09 Å². The zero-order chi connectivity index (χ0) is 25.2. The van der Waals surface area contributed by atoms with E-state index in [1.54, 1.807) is 7.11 Å². The molecule has 2 aliphatic heterocycles. The number of piperidine rings is 1. The molecule has 2 heterocycles. The predicted octanol–water partition coefficient (Wildman–Crippen LogP) is 5.29. The number of piperazine rings is 1. The highest BCUT2D eigenvalue weighted by Gasteiger charge is 2.50. The number of methoxy groups -OCH3 is 1. The maximum Gasteiger partial charge on any atom is 0.410 e. The number of carbonyl (C=O) groups excluding carboxylic acids is 1. The van der Waals surface area contributed by atoms with Crippen LogP contribution in [-0.4, -0.2) is 85.4 Å². The number of ether oxygens (including phenoxy) is 2. The average Bonchev–Trinajstić information content (AvgIpc) is 2.80. The predicted molar refractivity (Wildman–Crippen MR) is 141 cm³/mol. The molecule has 3 aliphatic rings. The van der Waals surface area contributed by atoms with E-state index in [1.165, 1.54) is 24.0 Å². The largest absolute Gasteiger partial charge is 0.444 e. The van der Waals surface area contributed by atoms with Gasteiger partial charge in [0.25, 0.3) is 0 Å². The fourth-order valence-corrected chi connectivity index (χ4v) is 6.40. The van der Waals surface area contributed by atoms with Gasteiger partial charge < -0.3 is 14.4 Å². The Morgan fingerprint density at radius 2 is 1.77 bits per heavy atom. The molecule has 1 saturated carbocycles. The van der Waals surface area contributed by atoms with Crippen molar-refractivity contribution in [2.75, 3.05) is 53.0 Å². The van der Waals surface area contributed by atoms with Gasteiger partial charge in [0.05, 0.1) is 6.61 Å². The topological polar surface area (TPSA) is 45.2 Å². The van der Waals surface area contributed by atoms with E-state index in [0.717, 1.165) is 58.7 Å². The maximum absolute atomic E-state index is 12.5. The Balaban J connectivity index is 1.42. The second-order valence-corrected chi connectivity index (χ2v) is 12.4. The van der Waals surface area contributed by atoms with Crippen LogP contribution in [0, 0.1) is 5.41 Å². The zero-order valence-corrected chi connectivity index (χ0v) is 22.9. The second-order valence-electron chi connectivity index (χ2n) is 12.4. The Bertz CT molecular complexity index is 849. The minimum Gasteiger partial charge on any atom is -0.444 e. The third-order valence-electron chi connectivity index (χ3n) is 8.38. The molecule has 1 spiro atoms. The Morgan fingerprint density at radius 1 is 1.09 bits per heavy atom. The van der Waals surface area contributed by atoms with Crippen LogP contribution in [0.25, 0.3) is 0 Å². The van der Waals surface area contributed by atoms with Crippen LogP contribution in [0.15, 0.2) is 24.3 Å². The first-order valence-electron chi connectivity index (χ1n) is 13.6. The van der Waals surface area contributed by atoms with Crippen molar-refractivity contribution >= 4 is 6.09 Å². The van der Waals surface area contributed by atoms with Crippen molar-refractivity contribution in [3.8, 4) is 0 Å². The smallest absolute Gasteiger partial charge is 0.410 e. The summed E-state index contributed by atoms with van der Waals surface area (Å²) in [6.07, 6.45) is 4.56. The zero-order valence-electron chi connectivity index (χ0n) is 22.9. The summed E-state index contributed by atoms with van der Waals surface area (Å²) in [5.41, 5.74) is 2.96. The Kier molecular flexibility index (Phi) is 8.14. The second kappa shape index (κ2) is 10.8. The van der Waals surface area contributed by atoms with Gasteiger partial charge in [-0.3, -0.25) is 9.80 Å². The summed E-state index contributed by atoms with van der Waals surface area (Å²) in [7, 11) is 1.80. The maximum atomic E-state index is 12.5.